The monoisotopic (exact) mass is 341 g/mol. The zero-order chi connectivity index (χ0) is 16.3. The number of sulfone groups is 1. The van der Waals surface area contributed by atoms with E-state index in [-0.39, 0.29) is 10.6 Å². The molecule has 0 saturated heterocycles. The minimum absolute atomic E-state index is 0.0501. The van der Waals surface area contributed by atoms with Gasteiger partial charge in [0.2, 0.25) is 0 Å². The lowest BCUT2D eigenvalue weighted by molar-refractivity contribution is -0.139. The number of ether oxygens (including phenoxy) is 1. The number of benzene rings is 1. The number of halogens is 1. The molecule has 22 heavy (non-hydrogen) atoms. The minimum atomic E-state index is -3.41. The molecule has 0 unspecified atom stereocenters. The molecule has 1 aromatic carbocycles. The molecule has 0 aliphatic rings. The Hall–Kier alpha value is -2.12. The third-order valence-electron chi connectivity index (χ3n) is 2.75. The summed E-state index contributed by atoms with van der Waals surface area (Å²) in [7, 11) is -3.41. The lowest BCUT2D eigenvalue weighted by atomic mass is 10.1. The number of hydrogen-bond acceptors (Lipinski definition) is 5. The number of hydrogen-bond donors (Lipinski definition) is 1. The van der Waals surface area contributed by atoms with Crippen molar-refractivity contribution in [1.29, 1.82) is 0 Å². The molecular formula is C14H12ClNO5S. The maximum absolute atomic E-state index is 11.6. The Morgan fingerprint density at radius 1 is 1.32 bits per heavy atom. The van der Waals surface area contributed by atoms with Crippen LogP contribution in [0.25, 0.3) is 11.1 Å². The van der Waals surface area contributed by atoms with Gasteiger partial charge in [-0.2, -0.15) is 0 Å². The van der Waals surface area contributed by atoms with Crippen LogP contribution in [-0.4, -0.2) is 37.3 Å². The number of nitrogens with zero attached hydrogens (tertiary/aromatic N) is 1. The van der Waals surface area contributed by atoms with Crippen molar-refractivity contribution in [2.45, 2.75) is 4.90 Å². The minimum Gasteiger partial charge on any atom is -0.481 e. The second kappa shape index (κ2) is 6.33. The van der Waals surface area contributed by atoms with Gasteiger partial charge in [-0.25, -0.2) is 13.2 Å². The van der Waals surface area contributed by atoms with Crippen LogP contribution in [0.2, 0.25) is 5.02 Å². The van der Waals surface area contributed by atoms with Gasteiger partial charge in [0.25, 0.3) is 0 Å². The standard InChI is InChI=1S/C14H12ClNO5S/c1-22(19,20)11-4-9(6-16-7-11)12-5-10(15)2-3-13(12)21-8-14(17)18/h2-7H,8H2,1H3,(H,17,18). The highest BCUT2D eigenvalue weighted by Gasteiger charge is 2.13. The summed E-state index contributed by atoms with van der Waals surface area (Å²) in [6.45, 7) is -0.520. The van der Waals surface area contributed by atoms with Crippen molar-refractivity contribution >= 4 is 27.4 Å². The maximum atomic E-state index is 11.6. The van der Waals surface area contributed by atoms with Gasteiger partial charge in [0.1, 0.15) is 5.75 Å². The van der Waals surface area contributed by atoms with Crippen molar-refractivity contribution in [3.8, 4) is 16.9 Å². The molecular weight excluding hydrogens is 330 g/mol. The fourth-order valence-electron chi connectivity index (χ4n) is 1.76. The van der Waals surface area contributed by atoms with Crippen LogP contribution in [0.15, 0.2) is 41.6 Å². The summed E-state index contributed by atoms with van der Waals surface area (Å²) in [6, 6.07) is 6.06. The zero-order valence-corrected chi connectivity index (χ0v) is 13.1. The summed E-state index contributed by atoms with van der Waals surface area (Å²) in [4.78, 5) is 14.6. The number of carboxylic acids is 1. The van der Waals surface area contributed by atoms with Crippen molar-refractivity contribution in [1.82, 2.24) is 4.98 Å². The second-order valence-corrected chi connectivity index (χ2v) is 6.96. The Morgan fingerprint density at radius 2 is 2.05 bits per heavy atom. The van der Waals surface area contributed by atoms with E-state index in [9.17, 15) is 13.2 Å². The predicted molar refractivity (Wildman–Crippen MR) is 80.9 cm³/mol. The molecule has 2 aromatic rings. The molecule has 2 rings (SSSR count). The van der Waals surface area contributed by atoms with Gasteiger partial charge in [-0.3, -0.25) is 4.98 Å². The van der Waals surface area contributed by atoms with E-state index in [2.05, 4.69) is 4.98 Å². The van der Waals surface area contributed by atoms with Crippen LogP contribution < -0.4 is 4.74 Å². The van der Waals surface area contributed by atoms with Crippen molar-refractivity contribution in [3.63, 3.8) is 0 Å². The summed E-state index contributed by atoms with van der Waals surface area (Å²) in [5.41, 5.74) is 0.928. The number of carbonyl (C=O) groups is 1. The Morgan fingerprint density at radius 3 is 2.68 bits per heavy atom. The number of aliphatic carboxylic acids is 1. The van der Waals surface area contributed by atoms with Crippen LogP contribution in [0.3, 0.4) is 0 Å². The van der Waals surface area contributed by atoms with Gasteiger partial charge in [-0.15, -0.1) is 0 Å². The first-order chi connectivity index (χ1) is 10.3. The number of pyridine rings is 1. The van der Waals surface area contributed by atoms with Crippen LogP contribution in [0.1, 0.15) is 0 Å². The van der Waals surface area contributed by atoms with E-state index in [0.717, 1.165) is 6.26 Å². The topological polar surface area (TPSA) is 93.6 Å². The van der Waals surface area contributed by atoms with Crippen LogP contribution in [0.4, 0.5) is 0 Å². The highest BCUT2D eigenvalue weighted by Crippen LogP contribution is 2.33. The summed E-state index contributed by atoms with van der Waals surface area (Å²) in [5, 5.41) is 9.10. The van der Waals surface area contributed by atoms with Crippen LogP contribution in [0.5, 0.6) is 5.75 Å². The second-order valence-electron chi connectivity index (χ2n) is 4.50. The maximum Gasteiger partial charge on any atom is 0.341 e. The van der Waals surface area contributed by atoms with E-state index in [1.54, 1.807) is 12.1 Å². The van der Waals surface area contributed by atoms with Gasteiger partial charge in [0.05, 0.1) is 4.90 Å². The highest BCUT2D eigenvalue weighted by atomic mass is 35.5. The zero-order valence-electron chi connectivity index (χ0n) is 11.5. The first-order valence-corrected chi connectivity index (χ1v) is 8.34. The van der Waals surface area contributed by atoms with E-state index in [1.807, 2.05) is 0 Å². The normalized spacial score (nSPS) is 11.2. The van der Waals surface area contributed by atoms with Crippen molar-refractivity contribution in [2.75, 3.05) is 12.9 Å². The first kappa shape index (κ1) is 16.3. The van der Waals surface area contributed by atoms with E-state index in [4.69, 9.17) is 21.4 Å². The highest BCUT2D eigenvalue weighted by molar-refractivity contribution is 7.90. The molecule has 0 atom stereocenters. The number of aromatic nitrogens is 1. The largest absolute Gasteiger partial charge is 0.481 e. The van der Waals surface area contributed by atoms with Gasteiger partial charge < -0.3 is 9.84 Å². The molecule has 1 aromatic heterocycles. The molecule has 0 fully saturated rings. The smallest absolute Gasteiger partial charge is 0.341 e. The number of carboxylic acid groups (broad SMARTS) is 1. The molecule has 0 aliphatic heterocycles. The van der Waals surface area contributed by atoms with Crippen LogP contribution >= 0.6 is 11.6 Å². The molecule has 6 nitrogen and oxygen atoms in total. The average Bonchev–Trinajstić information content (AvgIpc) is 2.45. The molecule has 0 bridgehead atoms. The quantitative estimate of drug-likeness (QED) is 0.896. The first-order valence-electron chi connectivity index (χ1n) is 6.07. The Kier molecular flexibility index (Phi) is 4.68. The molecule has 0 amide bonds. The summed E-state index contributed by atoms with van der Waals surface area (Å²) >= 11 is 5.95. The lowest BCUT2D eigenvalue weighted by Gasteiger charge is -2.11. The molecule has 1 N–H and O–H groups in total. The Labute approximate surface area is 132 Å². The van der Waals surface area contributed by atoms with Crippen molar-refractivity contribution in [2.24, 2.45) is 0 Å². The Bertz CT molecular complexity index is 820. The van der Waals surface area contributed by atoms with Crippen LogP contribution in [0, 0.1) is 0 Å². The van der Waals surface area contributed by atoms with Crippen molar-refractivity contribution in [3.05, 3.63) is 41.7 Å². The fraction of sp³-hybridized carbons (Fsp3) is 0.143. The summed E-state index contributed by atoms with van der Waals surface area (Å²) in [6.07, 6.45) is 3.77. The molecule has 0 saturated carbocycles. The molecule has 1 heterocycles. The molecule has 0 radical (unpaired) electrons. The SMILES string of the molecule is CS(=O)(=O)c1cncc(-c2cc(Cl)ccc2OCC(=O)O)c1. The van der Waals surface area contributed by atoms with Gasteiger partial charge in [0, 0.05) is 34.8 Å². The molecule has 0 aliphatic carbocycles. The van der Waals surface area contributed by atoms with E-state index >= 15 is 0 Å². The molecule has 8 heteroatoms. The number of rotatable bonds is 5. The van der Waals surface area contributed by atoms with E-state index in [1.165, 1.54) is 24.5 Å². The third-order valence-corrected chi connectivity index (χ3v) is 4.06. The molecule has 116 valence electrons. The summed E-state index contributed by atoms with van der Waals surface area (Å²) in [5.74, 6) is -0.844. The predicted octanol–water partition coefficient (Wildman–Crippen LogP) is 2.27. The van der Waals surface area contributed by atoms with Gasteiger partial charge in [-0.1, -0.05) is 11.6 Å². The lowest BCUT2D eigenvalue weighted by Crippen LogP contribution is -2.10. The van der Waals surface area contributed by atoms with Crippen molar-refractivity contribution < 1.29 is 23.1 Å². The van der Waals surface area contributed by atoms with E-state index in [0.29, 0.717) is 16.1 Å². The summed E-state index contributed by atoms with van der Waals surface area (Å²) < 4.78 is 28.4. The average molecular weight is 342 g/mol. The molecule has 0 spiro atoms. The van der Waals surface area contributed by atoms with Gasteiger partial charge in [-0.05, 0) is 24.3 Å². The van der Waals surface area contributed by atoms with Gasteiger partial charge in [0.15, 0.2) is 16.4 Å². The van der Waals surface area contributed by atoms with E-state index < -0.39 is 22.4 Å². The van der Waals surface area contributed by atoms with Gasteiger partial charge >= 0.3 is 5.97 Å². The third kappa shape index (κ3) is 3.96. The van der Waals surface area contributed by atoms with Crippen LogP contribution in [-0.2, 0) is 14.6 Å². The Balaban J connectivity index is 2.51. The fourth-order valence-corrected chi connectivity index (χ4v) is 2.53.